The number of amides is 3. The number of rotatable bonds is 8. The molecule has 0 bridgehead atoms. The molecule has 0 unspecified atom stereocenters. The molecule has 33 heavy (non-hydrogen) atoms. The molecule has 1 aliphatic rings. The van der Waals surface area contributed by atoms with Crippen molar-refractivity contribution in [1.29, 1.82) is 0 Å². The fourth-order valence-corrected chi connectivity index (χ4v) is 3.67. The predicted octanol–water partition coefficient (Wildman–Crippen LogP) is 1.64. The highest BCUT2D eigenvalue weighted by atomic mass is 16.5. The summed E-state index contributed by atoms with van der Waals surface area (Å²) >= 11 is 0. The van der Waals surface area contributed by atoms with Gasteiger partial charge in [-0.25, -0.2) is 4.79 Å². The van der Waals surface area contributed by atoms with E-state index in [0.717, 1.165) is 0 Å². The minimum atomic E-state index is -1.20. The highest BCUT2D eigenvalue weighted by Crippen LogP contribution is 2.20. The third-order valence-electron chi connectivity index (χ3n) is 5.54. The van der Waals surface area contributed by atoms with Gasteiger partial charge in [0.2, 0.25) is 5.91 Å². The summed E-state index contributed by atoms with van der Waals surface area (Å²) in [5, 5.41) is 11.9. The molecule has 3 rings (SSSR count). The number of methoxy groups -OCH3 is 1. The third kappa shape index (κ3) is 6.09. The standard InChI is InChI=1S/C24H27N3O6/c1-33-20-10-6-5-9-18(20)23(30)27-15-13-26(14-16-27)21(28)12-11-19(24(31)32)25-22(29)17-7-3-2-4-8-17/h2-10,19H,11-16H2,1H3,(H,25,29)(H,31,32)/t19-/m0/s1. The molecule has 2 aromatic rings. The van der Waals surface area contributed by atoms with Crippen molar-refractivity contribution >= 4 is 23.7 Å². The normalized spacial score (nSPS) is 14.3. The summed E-state index contributed by atoms with van der Waals surface area (Å²) in [5.74, 6) is -1.56. The summed E-state index contributed by atoms with van der Waals surface area (Å²) in [6.07, 6.45) is -0.0421. The first-order valence-corrected chi connectivity index (χ1v) is 10.7. The average Bonchev–Trinajstić information content (AvgIpc) is 2.86. The lowest BCUT2D eigenvalue weighted by atomic mass is 10.1. The Bertz CT molecular complexity index is 1000. The van der Waals surface area contributed by atoms with Gasteiger partial charge < -0.3 is 25.0 Å². The first-order chi connectivity index (χ1) is 15.9. The van der Waals surface area contributed by atoms with E-state index in [9.17, 15) is 24.3 Å². The van der Waals surface area contributed by atoms with Crippen LogP contribution in [-0.2, 0) is 9.59 Å². The summed E-state index contributed by atoms with van der Waals surface area (Å²) in [6, 6.07) is 14.1. The summed E-state index contributed by atoms with van der Waals surface area (Å²) in [5.41, 5.74) is 0.823. The molecule has 0 radical (unpaired) electrons. The van der Waals surface area contributed by atoms with E-state index in [-0.39, 0.29) is 24.7 Å². The van der Waals surface area contributed by atoms with E-state index >= 15 is 0 Å². The third-order valence-corrected chi connectivity index (χ3v) is 5.54. The van der Waals surface area contributed by atoms with Gasteiger partial charge >= 0.3 is 5.97 Å². The molecule has 1 heterocycles. The van der Waals surface area contributed by atoms with Crippen LogP contribution in [0.15, 0.2) is 54.6 Å². The van der Waals surface area contributed by atoms with E-state index in [1.165, 1.54) is 7.11 Å². The monoisotopic (exact) mass is 453 g/mol. The zero-order chi connectivity index (χ0) is 23.8. The van der Waals surface area contributed by atoms with E-state index in [1.54, 1.807) is 64.4 Å². The van der Waals surface area contributed by atoms with Gasteiger partial charge in [0, 0.05) is 38.2 Å². The number of nitrogens with one attached hydrogen (secondary N) is 1. The summed E-state index contributed by atoms with van der Waals surface area (Å²) < 4.78 is 5.26. The van der Waals surface area contributed by atoms with Gasteiger partial charge in [0.25, 0.3) is 11.8 Å². The Labute approximate surface area is 191 Å². The summed E-state index contributed by atoms with van der Waals surface area (Å²) in [7, 11) is 1.51. The molecule has 2 N–H and O–H groups in total. The number of para-hydroxylation sites is 1. The second-order valence-electron chi connectivity index (χ2n) is 7.64. The molecule has 0 spiro atoms. The number of carbonyl (C=O) groups excluding carboxylic acids is 3. The smallest absolute Gasteiger partial charge is 0.326 e. The largest absolute Gasteiger partial charge is 0.496 e. The molecule has 1 aliphatic heterocycles. The molecule has 0 aliphatic carbocycles. The maximum absolute atomic E-state index is 12.8. The van der Waals surface area contributed by atoms with Gasteiger partial charge in [-0.15, -0.1) is 0 Å². The Morgan fingerprint density at radius 3 is 2.18 bits per heavy atom. The Morgan fingerprint density at radius 2 is 1.55 bits per heavy atom. The predicted molar refractivity (Wildman–Crippen MR) is 120 cm³/mol. The molecule has 1 fully saturated rings. The van der Waals surface area contributed by atoms with E-state index in [2.05, 4.69) is 5.32 Å². The van der Waals surface area contributed by atoms with Crippen LogP contribution in [0.25, 0.3) is 0 Å². The fraction of sp³-hybridized carbons (Fsp3) is 0.333. The second kappa shape index (κ2) is 11.1. The van der Waals surface area contributed by atoms with Crippen LogP contribution in [0.5, 0.6) is 5.75 Å². The maximum Gasteiger partial charge on any atom is 0.326 e. The van der Waals surface area contributed by atoms with Crippen LogP contribution in [0.1, 0.15) is 33.6 Å². The molecule has 2 aromatic carbocycles. The molecular weight excluding hydrogens is 426 g/mol. The highest BCUT2D eigenvalue weighted by Gasteiger charge is 2.28. The zero-order valence-electron chi connectivity index (χ0n) is 18.4. The topological polar surface area (TPSA) is 116 Å². The van der Waals surface area contributed by atoms with Crippen molar-refractivity contribution in [2.45, 2.75) is 18.9 Å². The van der Waals surface area contributed by atoms with Crippen molar-refractivity contribution < 1.29 is 29.0 Å². The first kappa shape index (κ1) is 23.8. The van der Waals surface area contributed by atoms with Crippen LogP contribution >= 0.6 is 0 Å². The van der Waals surface area contributed by atoms with Gasteiger partial charge in [0.05, 0.1) is 12.7 Å². The molecule has 3 amide bonds. The van der Waals surface area contributed by atoms with Gasteiger partial charge in [-0.2, -0.15) is 0 Å². The number of hydrogen-bond donors (Lipinski definition) is 2. The van der Waals surface area contributed by atoms with Gasteiger partial charge in [-0.05, 0) is 30.7 Å². The number of aliphatic carboxylic acids is 1. The Kier molecular flexibility index (Phi) is 8.01. The van der Waals surface area contributed by atoms with Crippen molar-refractivity contribution in [2.24, 2.45) is 0 Å². The van der Waals surface area contributed by atoms with Crippen molar-refractivity contribution in [3.8, 4) is 5.75 Å². The fourth-order valence-electron chi connectivity index (χ4n) is 3.67. The number of carbonyl (C=O) groups is 4. The van der Waals surface area contributed by atoms with Gasteiger partial charge in [0.15, 0.2) is 0 Å². The minimum Gasteiger partial charge on any atom is -0.496 e. The van der Waals surface area contributed by atoms with Crippen molar-refractivity contribution in [3.63, 3.8) is 0 Å². The van der Waals surface area contributed by atoms with E-state index in [4.69, 9.17) is 4.74 Å². The quantitative estimate of drug-likeness (QED) is 0.628. The van der Waals surface area contributed by atoms with E-state index in [1.807, 2.05) is 0 Å². The first-order valence-electron chi connectivity index (χ1n) is 10.7. The molecule has 9 nitrogen and oxygen atoms in total. The van der Waals surface area contributed by atoms with Gasteiger partial charge in [-0.1, -0.05) is 30.3 Å². The van der Waals surface area contributed by atoms with Gasteiger partial charge in [0.1, 0.15) is 11.8 Å². The number of hydrogen-bond acceptors (Lipinski definition) is 5. The van der Waals surface area contributed by atoms with Crippen molar-refractivity contribution in [2.75, 3.05) is 33.3 Å². The lowest BCUT2D eigenvalue weighted by Gasteiger charge is -2.35. The van der Waals surface area contributed by atoms with Crippen LogP contribution in [0.4, 0.5) is 0 Å². The lowest BCUT2D eigenvalue weighted by molar-refractivity contribution is -0.139. The average molecular weight is 453 g/mol. The number of benzene rings is 2. The minimum absolute atomic E-state index is 0.0207. The molecular formula is C24H27N3O6. The van der Waals surface area contributed by atoms with Crippen LogP contribution in [-0.4, -0.2) is 77.9 Å². The van der Waals surface area contributed by atoms with Crippen molar-refractivity contribution in [3.05, 3.63) is 65.7 Å². The highest BCUT2D eigenvalue weighted by molar-refractivity contribution is 5.97. The Balaban J connectivity index is 1.50. The maximum atomic E-state index is 12.8. The Hall–Kier alpha value is -3.88. The number of ether oxygens (including phenoxy) is 1. The summed E-state index contributed by atoms with van der Waals surface area (Å²) in [6.45, 7) is 1.45. The molecule has 0 aromatic heterocycles. The molecule has 0 saturated carbocycles. The molecule has 174 valence electrons. The van der Waals surface area contributed by atoms with Crippen LogP contribution in [0.3, 0.4) is 0 Å². The van der Waals surface area contributed by atoms with Crippen molar-refractivity contribution in [1.82, 2.24) is 15.1 Å². The van der Waals surface area contributed by atoms with Crippen LogP contribution in [0, 0.1) is 0 Å². The van der Waals surface area contributed by atoms with Crippen LogP contribution < -0.4 is 10.1 Å². The lowest BCUT2D eigenvalue weighted by Crippen LogP contribution is -2.51. The Morgan fingerprint density at radius 1 is 0.939 bits per heavy atom. The number of carboxylic acids is 1. The zero-order valence-corrected chi connectivity index (χ0v) is 18.4. The number of nitrogens with zero attached hydrogens (tertiary/aromatic N) is 2. The number of carboxylic acid groups (broad SMARTS) is 1. The van der Waals surface area contributed by atoms with Gasteiger partial charge in [-0.3, -0.25) is 14.4 Å². The summed E-state index contributed by atoms with van der Waals surface area (Å²) in [4.78, 5) is 52.5. The van der Waals surface area contributed by atoms with Crippen LogP contribution in [0.2, 0.25) is 0 Å². The molecule has 9 heteroatoms. The number of piperazine rings is 1. The second-order valence-corrected chi connectivity index (χ2v) is 7.64. The SMILES string of the molecule is COc1ccccc1C(=O)N1CCN(C(=O)CC[C@H](NC(=O)c2ccccc2)C(=O)O)CC1. The van der Waals surface area contributed by atoms with E-state index < -0.39 is 17.9 Å². The van der Waals surface area contributed by atoms with E-state index in [0.29, 0.717) is 43.1 Å². The molecule has 1 atom stereocenters. The molecule has 1 saturated heterocycles.